The molecular formula is C26H28N8O4S. The van der Waals surface area contributed by atoms with Crippen LogP contribution >= 0.6 is 11.8 Å². The summed E-state index contributed by atoms with van der Waals surface area (Å²) < 4.78 is 5.24. The molecule has 0 spiro atoms. The number of carbonyl (C=O) groups is 3. The molecule has 2 aliphatic rings. The molecule has 2 aliphatic heterocycles. The largest absolute Gasteiger partial charge is 0.462 e. The van der Waals surface area contributed by atoms with E-state index in [0.29, 0.717) is 40.3 Å². The van der Waals surface area contributed by atoms with Crippen molar-refractivity contribution in [1.82, 2.24) is 35.8 Å². The molecule has 0 aromatic carbocycles. The lowest BCUT2D eigenvalue weighted by Crippen LogP contribution is -2.38. The SMILES string of the molecule is CCOC(=O)c1cc(CNCC2CCN(c3nccc(/C=C4\SC(=O)NC4=O)n3)CC2)cnc1-c1cn[nH]c1. The Balaban J connectivity index is 1.14. The first-order valence-electron chi connectivity index (χ1n) is 12.7. The van der Waals surface area contributed by atoms with E-state index in [4.69, 9.17) is 4.74 Å². The minimum absolute atomic E-state index is 0.287. The number of nitrogens with zero attached hydrogens (tertiary/aromatic N) is 5. The van der Waals surface area contributed by atoms with Crippen LogP contribution in [-0.4, -0.2) is 68.5 Å². The Kier molecular flexibility index (Phi) is 8.27. The number of nitrogens with one attached hydrogen (secondary N) is 3. The van der Waals surface area contributed by atoms with Crippen molar-refractivity contribution in [2.24, 2.45) is 5.92 Å². The number of esters is 1. The molecule has 0 saturated carbocycles. The number of hydrogen-bond donors (Lipinski definition) is 3. The molecule has 3 aromatic heterocycles. The second-order valence-corrected chi connectivity index (χ2v) is 10.2. The molecule has 2 amide bonds. The van der Waals surface area contributed by atoms with Gasteiger partial charge in [-0.3, -0.25) is 25.0 Å². The number of aromatic amines is 1. The molecule has 5 heterocycles. The van der Waals surface area contributed by atoms with Crippen molar-refractivity contribution in [1.29, 1.82) is 0 Å². The molecule has 5 rings (SSSR count). The lowest BCUT2D eigenvalue weighted by molar-refractivity contribution is -0.115. The second-order valence-electron chi connectivity index (χ2n) is 9.14. The van der Waals surface area contributed by atoms with Gasteiger partial charge in [-0.05, 0) is 67.8 Å². The van der Waals surface area contributed by atoms with Crippen LogP contribution in [0, 0.1) is 5.92 Å². The van der Waals surface area contributed by atoms with Crippen LogP contribution in [0.15, 0.2) is 41.8 Å². The summed E-state index contributed by atoms with van der Waals surface area (Å²) in [6.45, 7) is 5.11. The fourth-order valence-corrected chi connectivity index (χ4v) is 5.15. The molecule has 0 aliphatic carbocycles. The van der Waals surface area contributed by atoms with E-state index in [0.717, 1.165) is 55.4 Å². The molecule has 39 heavy (non-hydrogen) atoms. The van der Waals surface area contributed by atoms with Crippen molar-refractivity contribution >= 4 is 40.9 Å². The first-order valence-corrected chi connectivity index (χ1v) is 13.5. The van der Waals surface area contributed by atoms with Crippen LogP contribution in [0.5, 0.6) is 0 Å². The van der Waals surface area contributed by atoms with Gasteiger partial charge in [-0.1, -0.05) is 0 Å². The number of H-pyrrole nitrogens is 1. The summed E-state index contributed by atoms with van der Waals surface area (Å²) in [5, 5.41) is 12.1. The highest BCUT2D eigenvalue weighted by molar-refractivity contribution is 8.18. The van der Waals surface area contributed by atoms with E-state index >= 15 is 0 Å². The summed E-state index contributed by atoms with van der Waals surface area (Å²) in [6, 6.07) is 3.54. The highest BCUT2D eigenvalue weighted by atomic mass is 32.2. The number of piperidine rings is 1. The van der Waals surface area contributed by atoms with Gasteiger partial charge >= 0.3 is 5.97 Å². The summed E-state index contributed by atoms with van der Waals surface area (Å²) in [4.78, 5) is 51.7. The number of amides is 2. The average molecular weight is 549 g/mol. The zero-order valence-corrected chi connectivity index (χ0v) is 22.2. The van der Waals surface area contributed by atoms with Crippen LogP contribution < -0.4 is 15.5 Å². The van der Waals surface area contributed by atoms with E-state index in [1.165, 1.54) is 0 Å². The van der Waals surface area contributed by atoms with Crippen LogP contribution in [0.1, 0.15) is 41.4 Å². The Morgan fingerprint density at radius 2 is 2.10 bits per heavy atom. The van der Waals surface area contributed by atoms with Gasteiger partial charge in [-0.25, -0.2) is 14.8 Å². The van der Waals surface area contributed by atoms with E-state index in [-0.39, 0.29) is 11.8 Å². The van der Waals surface area contributed by atoms with Crippen LogP contribution in [0.2, 0.25) is 0 Å². The third-order valence-electron chi connectivity index (χ3n) is 6.46. The first-order chi connectivity index (χ1) is 19.0. The van der Waals surface area contributed by atoms with Gasteiger partial charge < -0.3 is 15.0 Å². The normalized spacial score (nSPS) is 17.1. The van der Waals surface area contributed by atoms with E-state index in [9.17, 15) is 14.4 Å². The Morgan fingerprint density at radius 1 is 1.26 bits per heavy atom. The van der Waals surface area contributed by atoms with Crippen LogP contribution in [0.25, 0.3) is 17.3 Å². The van der Waals surface area contributed by atoms with Crippen molar-refractivity contribution in [2.75, 3.05) is 31.1 Å². The van der Waals surface area contributed by atoms with Gasteiger partial charge in [0, 0.05) is 43.8 Å². The number of imide groups is 1. The number of anilines is 1. The van der Waals surface area contributed by atoms with Crippen molar-refractivity contribution in [2.45, 2.75) is 26.3 Å². The third kappa shape index (κ3) is 6.49. The summed E-state index contributed by atoms with van der Waals surface area (Å²) in [5.74, 6) is 0.288. The molecule has 2 fully saturated rings. The monoisotopic (exact) mass is 548 g/mol. The summed E-state index contributed by atoms with van der Waals surface area (Å²) >= 11 is 0.870. The minimum atomic E-state index is -0.406. The zero-order valence-electron chi connectivity index (χ0n) is 21.3. The Labute approximate surface area is 229 Å². The standard InChI is InChI=1S/C26H28N8O4S/c1-2-38-24(36)20-9-17(13-29-22(20)18-14-30-31-15-18)12-27-11-16-4-7-34(8-5-16)25-28-6-3-19(32-25)10-21-23(35)33-26(37)39-21/h3,6,9-10,13-16,27H,2,4-5,7-8,11-12H2,1H3,(H,30,31)(H,33,35,37)/b21-10-. The first kappa shape index (κ1) is 26.5. The number of aromatic nitrogens is 5. The highest BCUT2D eigenvalue weighted by Gasteiger charge is 2.26. The van der Waals surface area contributed by atoms with Gasteiger partial charge in [0.2, 0.25) is 5.95 Å². The van der Waals surface area contributed by atoms with E-state index < -0.39 is 11.9 Å². The van der Waals surface area contributed by atoms with E-state index in [1.807, 2.05) is 6.07 Å². The number of thioether (sulfide) groups is 1. The van der Waals surface area contributed by atoms with Crippen LogP contribution in [-0.2, 0) is 16.1 Å². The maximum atomic E-state index is 12.6. The average Bonchev–Trinajstić information content (AvgIpc) is 3.59. The number of rotatable bonds is 9. The lowest BCUT2D eigenvalue weighted by Gasteiger charge is -2.32. The van der Waals surface area contributed by atoms with E-state index in [1.54, 1.807) is 43.9 Å². The van der Waals surface area contributed by atoms with E-state index in [2.05, 4.69) is 40.7 Å². The second kappa shape index (κ2) is 12.2. The molecule has 3 aromatic rings. The fraction of sp³-hybridized carbons (Fsp3) is 0.346. The number of hydrogen-bond acceptors (Lipinski definition) is 11. The van der Waals surface area contributed by atoms with Gasteiger partial charge in [0.05, 0.1) is 34.7 Å². The van der Waals surface area contributed by atoms with Crippen LogP contribution in [0.3, 0.4) is 0 Å². The molecular weight excluding hydrogens is 520 g/mol. The maximum absolute atomic E-state index is 12.6. The number of ether oxygens (including phenoxy) is 1. The Hall–Kier alpha value is -4.10. The van der Waals surface area contributed by atoms with Gasteiger partial charge in [-0.2, -0.15) is 5.10 Å². The molecule has 2 saturated heterocycles. The third-order valence-corrected chi connectivity index (χ3v) is 7.27. The molecule has 0 radical (unpaired) electrons. The van der Waals surface area contributed by atoms with Gasteiger partial charge in [-0.15, -0.1) is 0 Å². The maximum Gasteiger partial charge on any atom is 0.340 e. The molecule has 0 unspecified atom stereocenters. The van der Waals surface area contributed by atoms with Gasteiger partial charge in [0.1, 0.15) is 0 Å². The number of carbonyl (C=O) groups excluding carboxylic acids is 3. The van der Waals surface area contributed by atoms with Gasteiger partial charge in [0.25, 0.3) is 11.1 Å². The summed E-state index contributed by atoms with van der Waals surface area (Å²) in [5.41, 5.74) is 3.18. The minimum Gasteiger partial charge on any atom is -0.462 e. The lowest BCUT2D eigenvalue weighted by atomic mass is 9.97. The predicted molar refractivity (Wildman–Crippen MR) is 146 cm³/mol. The van der Waals surface area contributed by atoms with Crippen molar-refractivity contribution in [3.05, 3.63) is 58.6 Å². The molecule has 12 nitrogen and oxygen atoms in total. The number of pyridine rings is 1. The Bertz CT molecular complexity index is 1390. The molecule has 3 N–H and O–H groups in total. The van der Waals surface area contributed by atoms with Crippen molar-refractivity contribution in [3.8, 4) is 11.3 Å². The topological polar surface area (TPSA) is 155 Å². The summed E-state index contributed by atoms with van der Waals surface area (Å²) in [7, 11) is 0. The quantitative estimate of drug-likeness (QED) is 0.267. The molecule has 0 atom stereocenters. The Morgan fingerprint density at radius 3 is 2.82 bits per heavy atom. The molecule has 0 bridgehead atoms. The smallest absolute Gasteiger partial charge is 0.340 e. The van der Waals surface area contributed by atoms with Crippen molar-refractivity contribution in [3.63, 3.8) is 0 Å². The van der Waals surface area contributed by atoms with Crippen molar-refractivity contribution < 1.29 is 19.1 Å². The molecule has 13 heteroatoms. The summed E-state index contributed by atoms with van der Waals surface area (Å²) in [6.07, 6.45) is 10.3. The fourth-order valence-electron chi connectivity index (χ4n) is 4.49. The van der Waals surface area contributed by atoms with Gasteiger partial charge in [0.15, 0.2) is 0 Å². The molecule has 202 valence electrons. The predicted octanol–water partition coefficient (Wildman–Crippen LogP) is 2.77. The zero-order chi connectivity index (χ0) is 27.2. The highest BCUT2D eigenvalue weighted by Crippen LogP contribution is 2.26. The van der Waals surface area contributed by atoms with Crippen LogP contribution in [0.4, 0.5) is 10.7 Å².